The van der Waals surface area contributed by atoms with Crippen molar-refractivity contribution in [1.82, 2.24) is 14.9 Å². The van der Waals surface area contributed by atoms with Gasteiger partial charge in [-0.2, -0.15) is 0 Å². The summed E-state index contributed by atoms with van der Waals surface area (Å²) in [6, 6.07) is 9.47. The van der Waals surface area contributed by atoms with E-state index in [-0.39, 0.29) is 25.0 Å². The van der Waals surface area contributed by atoms with Crippen LogP contribution in [0.25, 0.3) is 0 Å². The highest BCUT2D eigenvalue weighted by Crippen LogP contribution is 2.23. The summed E-state index contributed by atoms with van der Waals surface area (Å²) in [5.74, 6) is 1.55. The molecule has 0 spiro atoms. The lowest BCUT2D eigenvalue weighted by Crippen LogP contribution is -2.51. The van der Waals surface area contributed by atoms with Crippen molar-refractivity contribution >= 4 is 17.9 Å². The van der Waals surface area contributed by atoms with Crippen LogP contribution in [0.2, 0.25) is 0 Å². The van der Waals surface area contributed by atoms with Gasteiger partial charge in [0, 0.05) is 19.6 Å². The van der Waals surface area contributed by atoms with E-state index < -0.39 is 11.7 Å². The number of benzene rings is 1. The zero-order valence-corrected chi connectivity index (χ0v) is 17.8. The maximum Gasteiger partial charge on any atom is 0.410 e. The minimum atomic E-state index is -0.444. The molecule has 162 valence electrons. The van der Waals surface area contributed by atoms with Crippen molar-refractivity contribution in [2.75, 3.05) is 32.7 Å². The highest BCUT2D eigenvalue weighted by atomic mass is 16.7. The number of ether oxygens (including phenoxy) is 1. The van der Waals surface area contributed by atoms with Crippen molar-refractivity contribution in [3.8, 4) is 0 Å². The van der Waals surface area contributed by atoms with Gasteiger partial charge in [0.15, 0.2) is 0 Å². The Morgan fingerprint density at radius 1 is 1.10 bits per heavy atom. The molecule has 0 radical (unpaired) electrons. The fourth-order valence-electron chi connectivity index (χ4n) is 3.58. The second-order valence-corrected chi connectivity index (χ2v) is 8.59. The molecule has 8 nitrogen and oxygen atoms in total. The van der Waals surface area contributed by atoms with Crippen LogP contribution in [0.5, 0.6) is 0 Å². The predicted octanol–water partition coefficient (Wildman–Crippen LogP) is 2.23. The molecule has 1 aromatic carbocycles. The molecule has 0 aliphatic carbocycles. The molecule has 0 bridgehead atoms. The zero-order chi connectivity index (χ0) is 21.7. The van der Waals surface area contributed by atoms with Gasteiger partial charge >= 0.3 is 6.09 Å². The maximum atomic E-state index is 12.9. The number of carbonyl (C=O) groups excluding carboxylic acids is 3. The molecular formula is C22H29N3O5. The van der Waals surface area contributed by atoms with Gasteiger partial charge in [-0.05, 0) is 32.8 Å². The van der Waals surface area contributed by atoms with Crippen molar-refractivity contribution in [2.45, 2.75) is 39.4 Å². The number of carbonyl (C=O) groups is 2. The number of likely N-dealkylation sites (tertiary alicyclic amines) is 1. The van der Waals surface area contributed by atoms with Crippen LogP contribution in [-0.2, 0) is 25.8 Å². The normalized spacial score (nSPS) is 19.6. The summed E-state index contributed by atoms with van der Waals surface area (Å²) in [6.07, 6.45) is 0.170. The first kappa shape index (κ1) is 21.9. The molecule has 0 N–H and O–H groups in total. The standard InChI is InChI=1S/C22H29N3O5/c1-22(2,3)30-25-12-11-23(14-19(25)15-26)20(27)18-9-10-24(13-18)21(28)29-16-17-7-5-4-6-8-17/h4-8,18H,9-14,16H2,1-3H3. The van der Waals surface area contributed by atoms with Crippen LogP contribution in [0.1, 0.15) is 32.8 Å². The van der Waals surface area contributed by atoms with Gasteiger partial charge in [-0.15, -0.1) is 0 Å². The summed E-state index contributed by atoms with van der Waals surface area (Å²) in [6.45, 7) is 7.73. The Labute approximate surface area is 177 Å². The maximum absolute atomic E-state index is 12.9. The van der Waals surface area contributed by atoms with Gasteiger partial charge in [0.1, 0.15) is 18.2 Å². The van der Waals surface area contributed by atoms with E-state index in [4.69, 9.17) is 9.57 Å². The van der Waals surface area contributed by atoms with Crippen molar-refractivity contribution in [2.24, 2.45) is 5.92 Å². The molecule has 1 unspecified atom stereocenters. The van der Waals surface area contributed by atoms with Crippen molar-refractivity contribution in [3.63, 3.8) is 0 Å². The first-order valence-corrected chi connectivity index (χ1v) is 10.2. The van der Waals surface area contributed by atoms with Gasteiger partial charge < -0.3 is 14.5 Å². The van der Waals surface area contributed by atoms with E-state index in [9.17, 15) is 14.4 Å². The molecular weight excluding hydrogens is 386 g/mol. The Hall–Kier alpha value is -2.83. The largest absolute Gasteiger partial charge is 0.445 e. The average molecular weight is 415 g/mol. The van der Waals surface area contributed by atoms with Crippen LogP contribution >= 0.6 is 0 Å². The first-order chi connectivity index (χ1) is 14.3. The molecule has 2 amide bonds. The van der Waals surface area contributed by atoms with E-state index >= 15 is 0 Å². The zero-order valence-electron chi connectivity index (χ0n) is 17.8. The van der Waals surface area contributed by atoms with Crippen molar-refractivity contribution < 1.29 is 24.0 Å². The van der Waals surface area contributed by atoms with E-state index in [0.29, 0.717) is 38.3 Å². The quantitative estimate of drug-likeness (QED) is 0.702. The third-order valence-electron chi connectivity index (χ3n) is 5.03. The predicted molar refractivity (Wildman–Crippen MR) is 110 cm³/mol. The molecule has 0 aromatic heterocycles. The molecule has 3 rings (SSSR count). The minimum absolute atomic E-state index is 0.0588. The number of rotatable bonds is 4. The Bertz CT molecular complexity index is 814. The molecule has 1 aromatic rings. The lowest BCUT2D eigenvalue weighted by Gasteiger charge is -2.39. The van der Waals surface area contributed by atoms with E-state index in [1.807, 2.05) is 57.0 Å². The molecule has 2 aliphatic heterocycles. The number of hydrogen-bond acceptors (Lipinski definition) is 6. The fourth-order valence-corrected chi connectivity index (χ4v) is 3.58. The molecule has 8 heteroatoms. The van der Waals surface area contributed by atoms with Gasteiger partial charge in [-0.1, -0.05) is 30.3 Å². The lowest BCUT2D eigenvalue weighted by atomic mass is 10.1. The number of hydroxylamine groups is 2. The third kappa shape index (κ3) is 5.62. The Morgan fingerprint density at radius 2 is 1.83 bits per heavy atom. The fraction of sp³-hybridized carbons (Fsp3) is 0.545. The number of nitrogens with zero attached hydrogens (tertiary/aromatic N) is 3. The van der Waals surface area contributed by atoms with Crippen LogP contribution in [0.4, 0.5) is 4.79 Å². The Balaban J connectivity index is 1.51. The van der Waals surface area contributed by atoms with Gasteiger partial charge in [0.05, 0.1) is 24.6 Å². The Morgan fingerprint density at radius 3 is 2.50 bits per heavy atom. The van der Waals surface area contributed by atoms with Crippen LogP contribution in [0.3, 0.4) is 0 Å². The van der Waals surface area contributed by atoms with Crippen LogP contribution in [-0.4, -0.2) is 71.1 Å². The minimum Gasteiger partial charge on any atom is -0.445 e. The summed E-state index contributed by atoms with van der Waals surface area (Å²) >= 11 is 0. The SMILES string of the molecule is CC(C)(C)ON1CCN(C(=O)C2CCN(C(=O)OCc3ccccc3)C2)CC1=C=O. The number of hydrogen-bond donors (Lipinski definition) is 0. The van der Waals surface area contributed by atoms with Gasteiger partial charge in [-0.3, -0.25) is 9.63 Å². The summed E-state index contributed by atoms with van der Waals surface area (Å²) in [7, 11) is 0. The second kappa shape index (κ2) is 9.32. The topological polar surface area (TPSA) is 79.4 Å². The van der Waals surface area contributed by atoms with Gasteiger partial charge in [-0.25, -0.2) is 14.7 Å². The number of amides is 2. The lowest BCUT2D eigenvalue weighted by molar-refractivity contribution is -0.217. The summed E-state index contributed by atoms with van der Waals surface area (Å²) in [5.41, 5.74) is 0.781. The van der Waals surface area contributed by atoms with E-state index in [1.165, 1.54) is 5.06 Å². The molecule has 2 aliphatic rings. The van der Waals surface area contributed by atoms with E-state index in [0.717, 1.165) is 5.56 Å². The molecule has 2 fully saturated rings. The smallest absolute Gasteiger partial charge is 0.410 e. The van der Waals surface area contributed by atoms with Crippen LogP contribution < -0.4 is 0 Å². The summed E-state index contributed by atoms with van der Waals surface area (Å²) in [5, 5.41) is 1.53. The first-order valence-electron chi connectivity index (χ1n) is 10.2. The Kier molecular flexibility index (Phi) is 6.80. The summed E-state index contributed by atoms with van der Waals surface area (Å²) in [4.78, 5) is 45.7. The molecule has 2 heterocycles. The second-order valence-electron chi connectivity index (χ2n) is 8.59. The van der Waals surface area contributed by atoms with Crippen molar-refractivity contribution in [1.29, 1.82) is 0 Å². The molecule has 0 saturated carbocycles. The third-order valence-corrected chi connectivity index (χ3v) is 5.03. The summed E-state index contributed by atoms with van der Waals surface area (Å²) < 4.78 is 5.36. The highest BCUT2D eigenvalue weighted by Gasteiger charge is 2.37. The number of piperazine rings is 1. The highest BCUT2D eigenvalue weighted by molar-refractivity contribution is 5.81. The van der Waals surface area contributed by atoms with Gasteiger partial charge in [0.25, 0.3) is 0 Å². The molecule has 1 atom stereocenters. The molecule has 2 saturated heterocycles. The molecule has 30 heavy (non-hydrogen) atoms. The van der Waals surface area contributed by atoms with E-state index in [1.54, 1.807) is 9.80 Å². The van der Waals surface area contributed by atoms with Crippen molar-refractivity contribution in [3.05, 3.63) is 41.6 Å². The average Bonchev–Trinajstić information content (AvgIpc) is 3.22. The van der Waals surface area contributed by atoms with Gasteiger partial charge in [0.2, 0.25) is 5.91 Å². The van der Waals surface area contributed by atoms with Crippen LogP contribution in [0, 0.1) is 5.92 Å². The van der Waals surface area contributed by atoms with E-state index in [2.05, 4.69) is 0 Å². The van der Waals surface area contributed by atoms with Crippen LogP contribution in [0.15, 0.2) is 36.0 Å². The monoisotopic (exact) mass is 415 g/mol.